The third-order valence-electron chi connectivity index (χ3n) is 4.72. The second-order valence-corrected chi connectivity index (χ2v) is 6.63. The molecule has 1 rings (SSSR count). The maximum absolute atomic E-state index is 3.65. The molecule has 1 fully saturated rings. The van der Waals surface area contributed by atoms with Gasteiger partial charge in [0.25, 0.3) is 0 Å². The molecule has 0 aromatic rings. The highest BCUT2D eigenvalue weighted by atomic mass is 14.9. The number of hydrogen-bond donors (Lipinski definition) is 1. The van der Waals surface area contributed by atoms with E-state index in [1.54, 1.807) is 0 Å². The maximum atomic E-state index is 3.65. The van der Waals surface area contributed by atoms with Gasteiger partial charge in [-0.15, -0.1) is 0 Å². The van der Waals surface area contributed by atoms with Crippen molar-refractivity contribution in [2.24, 2.45) is 23.2 Å². The molecule has 1 heteroatoms. The molecular formula is C15H31N. The van der Waals surface area contributed by atoms with Crippen molar-refractivity contribution in [2.45, 2.75) is 60.3 Å². The first-order valence-corrected chi connectivity index (χ1v) is 7.19. The molecule has 0 amide bonds. The van der Waals surface area contributed by atoms with Crippen LogP contribution in [0.3, 0.4) is 0 Å². The first-order chi connectivity index (χ1) is 7.48. The molecule has 1 heterocycles. The Balaban J connectivity index is 2.44. The predicted octanol–water partition coefficient (Wildman–Crippen LogP) is 4.08. The van der Waals surface area contributed by atoms with E-state index in [9.17, 15) is 0 Å². The summed E-state index contributed by atoms with van der Waals surface area (Å²) in [6.45, 7) is 14.4. The fraction of sp³-hybridized carbons (Fsp3) is 1.00. The molecular weight excluding hydrogens is 194 g/mol. The lowest BCUT2D eigenvalue weighted by Gasteiger charge is -2.37. The molecule has 0 saturated carbocycles. The van der Waals surface area contributed by atoms with Crippen LogP contribution in [0.5, 0.6) is 0 Å². The van der Waals surface area contributed by atoms with Crippen molar-refractivity contribution in [3.63, 3.8) is 0 Å². The average Bonchev–Trinajstić information content (AvgIpc) is 2.28. The Bertz CT molecular complexity index is 198. The molecule has 0 bridgehead atoms. The zero-order chi connectivity index (χ0) is 12.2. The third kappa shape index (κ3) is 4.08. The van der Waals surface area contributed by atoms with Crippen LogP contribution in [-0.4, -0.2) is 13.1 Å². The maximum Gasteiger partial charge on any atom is -0.00177 e. The van der Waals surface area contributed by atoms with Gasteiger partial charge in [0.1, 0.15) is 0 Å². The van der Waals surface area contributed by atoms with Gasteiger partial charge in [-0.25, -0.2) is 0 Å². The number of nitrogens with one attached hydrogen (secondary N) is 1. The highest BCUT2D eigenvalue weighted by molar-refractivity contribution is 4.82. The zero-order valence-corrected chi connectivity index (χ0v) is 12.0. The van der Waals surface area contributed by atoms with Gasteiger partial charge >= 0.3 is 0 Å². The minimum absolute atomic E-state index is 0.531. The van der Waals surface area contributed by atoms with E-state index in [0.717, 1.165) is 17.8 Å². The summed E-state index contributed by atoms with van der Waals surface area (Å²) in [6, 6.07) is 0. The van der Waals surface area contributed by atoms with Gasteiger partial charge in [0, 0.05) is 0 Å². The van der Waals surface area contributed by atoms with Gasteiger partial charge in [-0.1, -0.05) is 47.5 Å². The van der Waals surface area contributed by atoms with Crippen LogP contribution >= 0.6 is 0 Å². The second kappa shape index (κ2) is 6.05. The fourth-order valence-corrected chi connectivity index (χ4v) is 2.92. The van der Waals surface area contributed by atoms with Crippen LogP contribution < -0.4 is 5.32 Å². The van der Waals surface area contributed by atoms with Gasteiger partial charge in [0.2, 0.25) is 0 Å². The Morgan fingerprint density at radius 3 is 2.50 bits per heavy atom. The van der Waals surface area contributed by atoms with Crippen molar-refractivity contribution in [2.75, 3.05) is 13.1 Å². The van der Waals surface area contributed by atoms with Gasteiger partial charge in [-0.2, -0.15) is 0 Å². The Morgan fingerprint density at radius 2 is 1.94 bits per heavy atom. The molecule has 0 aromatic carbocycles. The molecule has 3 atom stereocenters. The SMILES string of the molecule is CCC(C)C1CNCC(CC(C)(C)CC)C1. The Kier molecular flexibility index (Phi) is 5.30. The standard InChI is InChI=1S/C15H31N/c1-6-12(3)14-8-13(10-16-11-14)9-15(4,5)7-2/h12-14,16H,6-11H2,1-5H3. The smallest absolute Gasteiger partial charge is 0.00177 e. The van der Waals surface area contributed by atoms with E-state index in [0.29, 0.717) is 5.41 Å². The second-order valence-electron chi connectivity index (χ2n) is 6.63. The summed E-state index contributed by atoms with van der Waals surface area (Å²) in [5, 5.41) is 3.65. The van der Waals surface area contributed by atoms with Crippen molar-refractivity contribution in [1.82, 2.24) is 5.32 Å². The molecule has 0 radical (unpaired) electrons. The van der Waals surface area contributed by atoms with Gasteiger partial charge in [0.05, 0.1) is 0 Å². The minimum Gasteiger partial charge on any atom is -0.316 e. The summed E-state index contributed by atoms with van der Waals surface area (Å²) in [6.07, 6.45) is 5.47. The first kappa shape index (κ1) is 14.0. The molecule has 0 aliphatic carbocycles. The van der Waals surface area contributed by atoms with E-state index in [1.165, 1.54) is 38.8 Å². The van der Waals surface area contributed by atoms with Crippen LogP contribution in [0.2, 0.25) is 0 Å². The summed E-state index contributed by atoms with van der Waals surface area (Å²) < 4.78 is 0. The summed E-state index contributed by atoms with van der Waals surface area (Å²) in [4.78, 5) is 0. The monoisotopic (exact) mass is 225 g/mol. The number of rotatable bonds is 5. The van der Waals surface area contributed by atoms with Crippen molar-refractivity contribution in [3.05, 3.63) is 0 Å². The lowest BCUT2D eigenvalue weighted by atomic mass is 9.74. The van der Waals surface area contributed by atoms with Gasteiger partial charge in [-0.05, 0) is 49.1 Å². The van der Waals surface area contributed by atoms with E-state index in [1.807, 2.05) is 0 Å². The predicted molar refractivity (Wildman–Crippen MR) is 72.6 cm³/mol. The van der Waals surface area contributed by atoms with Crippen molar-refractivity contribution >= 4 is 0 Å². The van der Waals surface area contributed by atoms with Crippen LogP contribution in [0.1, 0.15) is 60.3 Å². The molecule has 3 unspecified atom stereocenters. The Labute approximate surface area is 102 Å². The lowest BCUT2D eigenvalue weighted by molar-refractivity contribution is 0.164. The first-order valence-electron chi connectivity index (χ1n) is 7.19. The van der Waals surface area contributed by atoms with Crippen molar-refractivity contribution in [3.8, 4) is 0 Å². The van der Waals surface area contributed by atoms with E-state index in [4.69, 9.17) is 0 Å². The zero-order valence-electron chi connectivity index (χ0n) is 12.0. The highest BCUT2D eigenvalue weighted by Gasteiger charge is 2.28. The van der Waals surface area contributed by atoms with E-state index in [-0.39, 0.29) is 0 Å². The Morgan fingerprint density at radius 1 is 1.25 bits per heavy atom. The summed E-state index contributed by atoms with van der Waals surface area (Å²) in [5.74, 6) is 2.71. The van der Waals surface area contributed by atoms with E-state index in [2.05, 4.69) is 39.9 Å². The van der Waals surface area contributed by atoms with Crippen molar-refractivity contribution < 1.29 is 0 Å². The van der Waals surface area contributed by atoms with Gasteiger partial charge in [-0.3, -0.25) is 0 Å². The average molecular weight is 225 g/mol. The fourth-order valence-electron chi connectivity index (χ4n) is 2.92. The molecule has 1 aliphatic heterocycles. The molecule has 1 aliphatic rings. The quantitative estimate of drug-likeness (QED) is 0.743. The normalized spacial score (nSPS) is 29.1. The molecule has 0 aromatic heterocycles. The van der Waals surface area contributed by atoms with E-state index >= 15 is 0 Å². The third-order valence-corrected chi connectivity index (χ3v) is 4.72. The Hall–Kier alpha value is -0.0400. The van der Waals surface area contributed by atoms with Crippen LogP contribution in [0.4, 0.5) is 0 Å². The molecule has 16 heavy (non-hydrogen) atoms. The molecule has 0 spiro atoms. The molecule has 1 nitrogen and oxygen atoms in total. The van der Waals surface area contributed by atoms with Crippen molar-refractivity contribution in [1.29, 1.82) is 0 Å². The topological polar surface area (TPSA) is 12.0 Å². The van der Waals surface area contributed by atoms with E-state index < -0.39 is 0 Å². The van der Waals surface area contributed by atoms with Gasteiger partial charge in [0.15, 0.2) is 0 Å². The highest BCUT2D eigenvalue weighted by Crippen LogP contribution is 2.35. The van der Waals surface area contributed by atoms with Crippen LogP contribution in [0, 0.1) is 23.2 Å². The lowest BCUT2D eigenvalue weighted by Crippen LogP contribution is -2.40. The summed E-state index contributed by atoms with van der Waals surface area (Å²) in [7, 11) is 0. The molecule has 96 valence electrons. The summed E-state index contributed by atoms with van der Waals surface area (Å²) in [5.41, 5.74) is 0.531. The van der Waals surface area contributed by atoms with Gasteiger partial charge < -0.3 is 5.32 Å². The molecule has 1 saturated heterocycles. The summed E-state index contributed by atoms with van der Waals surface area (Å²) >= 11 is 0. The number of hydrogen-bond acceptors (Lipinski definition) is 1. The number of piperidine rings is 1. The molecule has 1 N–H and O–H groups in total. The van der Waals surface area contributed by atoms with Crippen LogP contribution in [0.15, 0.2) is 0 Å². The van der Waals surface area contributed by atoms with Crippen LogP contribution in [-0.2, 0) is 0 Å². The van der Waals surface area contributed by atoms with Crippen LogP contribution in [0.25, 0.3) is 0 Å². The minimum atomic E-state index is 0.531. The largest absolute Gasteiger partial charge is 0.316 e.